The second kappa shape index (κ2) is 9.89. The maximum Gasteiger partial charge on any atom is 0.170 e. The highest BCUT2D eigenvalue weighted by Crippen LogP contribution is 2.32. The number of aromatic nitrogens is 5. The lowest BCUT2D eigenvalue weighted by atomic mass is 10.0. The van der Waals surface area contributed by atoms with Crippen LogP contribution in [-0.4, -0.2) is 69.4 Å². The molecule has 34 heavy (non-hydrogen) atoms. The molecule has 0 N–H and O–H groups in total. The third-order valence-electron chi connectivity index (χ3n) is 6.79. The van der Waals surface area contributed by atoms with E-state index in [1.165, 1.54) is 31.5 Å². The minimum atomic E-state index is 0.365. The van der Waals surface area contributed by atoms with Crippen LogP contribution in [0.15, 0.2) is 30.6 Å². The van der Waals surface area contributed by atoms with Crippen LogP contribution in [0.5, 0.6) is 0 Å². The zero-order valence-electron chi connectivity index (χ0n) is 20.0. The Morgan fingerprint density at radius 1 is 1.00 bits per heavy atom. The van der Waals surface area contributed by atoms with E-state index in [1.54, 1.807) is 6.07 Å². The van der Waals surface area contributed by atoms with Crippen LogP contribution in [0.3, 0.4) is 0 Å². The van der Waals surface area contributed by atoms with Crippen molar-refractivity contribution >= 4 is 23.6 Å². The third-order valence-corrected chi connectivity index (χ3v) is 6.79. The number of fused-ring (bicyclic) bond motifs is 2. The average molecular weight is 461 g/mol. The van der Waals surface area contributed by atoms with Crippen LogP contribution in [-0.2, 0) is 19.5 Å². The van der Waals surface area contributed by atoms with E-state index < -0.39 is 0 Å². The van der Waals surface area contributed by atoms with Crippen LogP contribution < -0.4 is 9.80 Å². The fraction of sp³-hybridized carbons (Fsp3) is 0.480. The molecule has 0 atom stereocenters. The molecular formula is C25H32N8O. The highest BCUT2D eigenvalue weighted by atomic mass is 16.1. The van der Waals surface area contributed by atoms with Crippen LogP contribution in [0.2, 0.25) is 0 Å². The topological polar surface area (TPSA) is 83.3 Å². The van der Waals surface area contributed by atoms with Crippen molar-refractivity contribution in [2.45, 2.75) is 45.7 Å². The van der Waals surface area contributed by atoms with Crippen molar-refractivity contribution < 1.29 is 4.79 Å². The molecule has 0 saturated carbocycles. The van der Waals surface area contributed by atoms with Crippen molar-refractivity contribution in [2.75, 3.05) is 43.0 Å². The van der Waals surface area contributed by atoms with Crippen LogP contribution in [0.1, 0.15) is 46.6 Å². The zero-order chi connectivity index (χ0) is 23.5. The molecule has 0 aliphatic carbocycles. The molecule has 9 heteroatoms. The Morgan fingerprint density at radius 2 is 1.85 bits per heavy atom. The number of carbonyl (C=O) groups excluding carboxylic acids is 1. The smallest absolute Gasteiger partial charge is 0.170 e. The van der Waals surface area contributed by atoms with Gasteiger partial charge in [0.2, 0.25) is 0 Å². The summed E-state index contributed by atoms with van der Waals surface area (Å²) in [6.45, 7) is 8.11. The first kappa shape index (κ1) is 22.5. The molecule has 0 bridgehead atoms. The number of hydrogen-bond donors (Lipinski definition) is 0. The van der Waals surface area contributed by atoms with Crippen molar-refractivity contribution in [3.8, 4) is 0 Å². The van der Waals surface area contributed by atoms with Crippen molar-refractivity contribution in [3.05, 3.63) is 53.1 Å². The highest BCUT2D eigenvalue weighted by molar-refractivity contribution is 5.72. The Balaban J connectivity index is 0.000000351. The molecular weight excluding hydrogens is 428 g/mol. The monoisotopic (exact) mass is 460 g/mol. The number of hydrogen-bond acceptors (Lipinski definition) is 8. The number of aldehydes is 1. The van der Waals surface area contributed by atoms with E-state index >= 15 is 0 Å². The summed E-state index contributed by atoms with van der Waals surface area (Å²) < 4.78 is 2.04. The average Bonchev–Trinajstić information content (AvgIpc) is 3.55. The fourth-order valence-electron chi connectivity index (χ4n) is 4.97. The molecule has 9 nitrogen and oxygen atoms in total. The molecule has 0 aromatic carbocycles. The molecule has 3 aromatic rings. The predicted molar refractivity (Wildman–Crippen MR) is 132 cm³/mol. The number of pyridine rings is 1. The van der Waals surface area contributed by atoms with Crippen molar-refractivity contribution in [2.24, 2.45) is 0 Å². The summed E-state index contributed by atoms with van der Waals surface area (Å²) in [5, 5.41) is 12.7. The summed E-state index contributed by atoms with van der Waals surface area (Å²) in [5.74, 6) is 1.95. The molecule has 178 valence electrons. The first-order chi connectivity index (χ1) is 16.6. The molecule has 6 heterocycles. The molecule has 0 unspecified atom stereocenters. The minimum absolute atomic E-state index is 0.365. The van der Waals surface area contributed by atoms with Gasteiger partial charge in [0.1, 0.15) is 11.5 Å². The Bertz CT molecular complexity index is 1150. The largest absolute Gasteiger partial charge is 0.350 e. The molecule has 6 rings (SSSR count). The van der Waals surface area contributed by atoms with Crippen LogP contribution in [0.4, 0.5) is 17.3 Å². The molecule has 1 saturated heterocycles. The number of aryl methyl sites for hydroxylation is 2. The summed E-state index contributed by atoms with van der Waals surface area (Å²) in [4.78, 5) is 22.5. The predicted octanol–water partition coefficient (Wildman–Crippen LogP) is 3.01. The van der Waals surface area contributed by atoms with E-state index in [-0.39, 0.29) is 0 Å². The second-order valence-corrected chi connectivity index (χ2v) is 9.29. The summed E-state index contributed by atoms with van der Waals surface area (Å²) in [6, 6.07) is 6.08. The van der Waals surface area contributed by atoms with Gasteiger partial charge in [0, 0.05) is 44.4 Å². The number of carbonyl (C=O) groups is 1. The zero-order valence-corrected chi connectivity index (χ0v) is 20.0. The molecule has 3 aromatic heterocycles. The summed E-state index contributed by atoms with van der Waals surface area (Å²) >= 11 is 0. The van der Waals surface area contributed by atoms with Crippen LogP contribution >= 0.6 is 0 Å². The highest BCUT2D eigenvalue weighted by Gasteiger charge is 2.24. The van der Waals surface area contributed by atoms with Crippen molar-refractivity contribution in [1.29, 1.82) is 0 Å². The van der Waals surface area contributed by atoms with Gasteiger partial charge in [-0.3, -0.25) is 9.78 Å². The Morgan fingerprint density at radius 3 is 2.59 bits per heavy atom. The first-order valence-electron chi connectivity index (χ1n) is 12.1. The maximum atomic E-state index is 10.9. The number of anilines is 3. The van der Waals surface area contributed by atoms with Crippen molar-refractivity contribution in [3.63, 3.8) is 0 Å². The molecule has 0 radical (unpaired) electrons. The maximum absolute atomic E-state index is 10.9. The standard InChI is InChI=1S/C20H21N7O.C5H11N/c1-14-9-16(13-28)23-24-20(14)25-8-4-18-15(12-25)10-17(11-21-18)26-6-2-7-27-19(26)3-5-22-27;1-6-4-2-3-5-6/h3,5,9-11,13H,2,4,6-8,12H2,1H3;2-5H2,1H3. The van der Waals surface area contributed by atoms with Gasteiger partial charge in [-0.2, -0.15) is 5.10 Å². The van der Waals surface area contributed by atoms with Gasteiger partial charge >= 0.3 is 0 Å². The summed E-state index contributed by atoms with van der Waals surface area (Å²) in [6.07, 6.45) is 9.31. The number of rotatable bonds is 3. The van der Waals surface area contributed by atoms with Gasteiger partial charge in [0.25, 0.3) is 0 Å². The van der Waals surface area contributed by atoms with E-state index in [9.17, 15) is 4.79 Å². The van der Waals surface area contributed by atoms with E-state index in [2.05, 4.69) is 49.2 Å². The van der Waals surface area contributed by atoms with E-state index in [4.69, 9.17) is 4.98 Å². The molecule has 1 fully saturated rings. The molecule has 3 aliphatic heterocycles. The number of likely N-dealkylation sites (tertiary alicyclic amines) is 1. The molecule has 3 aliphatic rings. The van der Waals surface area contributed by atoms with Gasteiger partial charge in [-0.05, 0) is 69.6 Å². The van der Waals surface area contributed by atoms with Gasteiger partial charge in [-0.15, -0.1) is 10.2 Å². The van der Waals surface area contributed by atoms with Crippen molar-refractivity contribution in [1.82, 2.24) is 29.9 Å². The number of nitrogens with zero attached hydrogens (tertiary/aromatic N) is 8. The fourth-order valence-corrected chi connectivity index (χ4v) is 4.97. The van der Waals surface area contributed by atoms with E-state index in [1.807, 2.05) is 24.0 Å². The third kappa shape index (κ3) is 4.65. The SMILES string of the molecule is CN1CCCC1.Cc1cc(C=O)nnc1N1CCc2ncc(N3CCCn4nccc43)cc2C1. The Labute approximate surface area is 200 Å². The summed E-state index contributed by atoms with van der Waals surface area (Å²) in [5.41, 5.74) is 4.77. The van der Waals surface area contributed by atoms with Gasteiger partial charge in [-0.25, -0.2) is 4.68 Å². The van der Waals surface area contributed by atoms with Crippen LogP contribution in [0.25, 0.3) is 0 Å². The normalized spacial score (nSPS) is 17.6. The quantitative estimate of drug-likeness (QED) is 0.552. The Hall–Kier alpha value is -3.33. The second-order valence-electron chi connectivity index (χ2n) is 9.29. The van der Waals surface area contributed by atoms with Gasteiger partial charge < -0.3 is 14.7 Å². The molecule has 0 amide bonds. The first-order valence-corrected chi connectivity index (χ1v) is 12.1. The van der Waals surface area contributed by atoms with Gasteiger partial charge in [0.15, 0.2) is 12.1 Å². The van der Waals surface area contributed by atoms with Gasteiger partial charge in [-0.1, -0.05) is 0 Å². The van der Waals surface area contributed by atoms with E-state index in [0.29, 0.717) is 5.69 Å². The lowest BCUT2D eigenvalue weighted by molar-refractivity contribution is 0.111. The van der Waals surface area contributed by atoms with Crippen LogP contribution in [0, 0.1) is 6.92 Å². The molecule has 0 spiro atoms. The summed E-state index contributed by atoms with van der Waals surface area (Å²) in [7, 11) is 2.17. The minimum Gasteiger partial charge on any atom is -0.350 e. The lowest BCUT2D eigenvalue weighted by Crippen LogP contribution is -2.33. The van der Waals surface area contributed by atoms with Gasteiger partial charge in [0.05, 0.1) is 18.1 Å². The lowest BCUT2D eigenvalue weighted by Gasteiger charge is -2.32. The Kier molecular flexibility index (Phi) is 6.53. The van der Waals surface area contributed by atoms with E-state index in [0.717, 1.165) is 73.9 Å².